The third-order valence-electron chi connectivity index (χ3n) is 1.04. The molecule has 2 heteroatoms. The van der Waals surface area contributed by atoms with Crippen molar-refractivity contribution in [2.75, 3.05) is 7.05 Å². The molecule has 0 saturated carbocycles. The highest BCUT2D eigenvalue weighted by Crippen LogP contribution is 1.91. The zero-order valence-corrected chi connectivity index (χ0v) is 10.2. The summed E-state index contributed by atoms with van der Waals surface area (Å²) in [6, 6.07) is 0. The molecular weight excluding hydrogens is 162 g/mol. The molecular formula is C11H27NO. The first-order valence-corrected chi connectivity index (χ1v) is 5.43. The molecule has 0 unspecified atom stereocenters. The van der Waals surface area contributed by atoms with Crippen molar-refractivity contribution in [2.24, 2.45) is 0 Å². The van der Waals surface area contributed by atoms with Gasteiger partial charge in [0.05, 0.1) is 0 Å². The van der Waals surface area contributed by atoms with Crippen molar-refractivity contribution in [2.45, 2.75) is 60.3 Å². The van der Waals surface area contributed by atoms with Gasteiger partial charge in [0.15, 0.2) is 0 Å². The molecule has 1 amide bonds. The van der Waals surface area contributed by atoms with Crippen LogP contribution in [0.2, 0.25) is 0 Å². The van der Waals surface area contributed by atoms with Crippen LogP contribution in [0.15, 0.2) is 0 Å². The molecule has 0 bridgehead atoms. The molecule has 1 N–H and O–H groups in total. The summed E-state index contributed by atoms with van der Waals surface area (Å²) >= 11 is 0. The topological polar surface area (TPSA) is 29.1 Å². The van der Waals surface area contributed by atoms with E-state index < -0.39 is 0 Å². The predicted molar refractivity (Wildman–Crippen MR) is 60.9 cm³/mol. The number of hydrogen-bond donors (Lipinski definition) is 1. The summed E-state index contributed by atoms with van der Waals surface area (Å²) in [5.74, 6) is 0.145. The van der Waals surface area contributed by atoms with Crippen LogP contribution in [0.5, 0.6) is 0 Å². The summed E-state index contributed by atoms with van der Waals surface area (Å²) in [6.07, 6.45) is 4.01. The molecule has 2 nitrogen and oxygen atoms in total. The van der Waals surface area contributed by atoms with Gasteiger partial charge in [-0.25, -0.2) is 0 Å². The molecule has 0 aliphatic rings. The van der Waals surface area contributed by atoms with Gasteiger partial charge in [-0.3, -0.25) is 4.79 Å². The average Bonchev–Trinajstić information content (AvgIpc) is 2.18. The molecule has 0 saturated heterocycles. The molecule has 0 rings (SSSR count). The normalized spacial score (nSPS) is 7.23. The van der Waals surface area contributed by atoms with Gasteiger partial charge in [-0.1, -0.05) is 47.5 Å². The van der Waals surface area contributed by atoms with Crippen LogP contribution in [0, 0.1) is 0 Å². The van der Waals surface area contributed by atoms with Gasteiger partial charge in [0.1, 0.15) is 0 Å². The largest absolute Gasteiger partial charge is 0.359 e. The molecule has 0 radical (unpaired) electrons. The van der Waals surface area contributed by atoms with Crippen LogP contribution in [-0.2, 0) is 4.79 Å². The number of carbonyl (C=O) groups is 1. The smallest absolute Gasteiger partial charge is 0.219 e. The van der Waals surface area contributed by atoms with E-state index in [1.165, 1.54) is 6.42 Å². The van der Waals surface area contributed by atoms with E-state index in [2.05, 4.69) is 26.1 Å². The summed E-state index contributed by atoms with van der Waals surface area (Å²) in [5, 5.41) is 2.56. The van der Waals surface area contributed by atoms with Crippen molar-refractivity contribution in [1.82, 2.24) is 5.32 Å². The molecule has 0 aliphatic carbocycles. The Kier molecular flexibility index (Phi) is 31.7. The lowest BCUT2D eigenvalue weighted by molar-refractivity contribution is -0.120. The number of unbranched alkanes of at least 4 members (excludes halogenated alkanes) is 1. The quantitative estimate of drug-likeness (QED) is 0.724. The molecule has 0 aromatic heterocycles. The van der Waals surface area contributed by atoms with Gasteiger partial charge in [0, 0.05) is 13.5 Å². The first-order valence-electron chi connectivity index (χ1n) is 5.43. The van der Waals surface area contributed by atoms with Crippen LogP contribution in [0.4, 0.5) is 0 Å². The summed E-state index contributed by atoms with van der Waals surface area (Å²) < 4.78 is 0. The summed E-state index contributed by atoms with van der Waals surface area (Å²) in [4.78, 5) is 10.5. The Labute approximate surface area is 84.1 Å². The Morgan fingerprint density at radius 3 is 1.77 bits per heavy atom. The number of amides is 1. The van der Waals surface area contributed by atoms with Crippen molar-refractivity contribution >= 4 is 5.91 Å². The molecule has 0 atom stereocenters. The maximum Gasteiger partial charge on any atom is 0.219 e. The van der Waals surface area contributed by atoms with Crippen molar-refractivity contribution in [3.05, 3.63) is 0 Å². The van der Waals surface area contributed by atoms with Gasteiger partial charge < -0.3 is 5.32 Å². The lowest BCUT2D eigenvalue weighted by Gasteiger charge is -1.94. The second kappa shape index (κ2) is 22.5. The van der Waals surface area contributed by atoms with Crippen molar-refractivity contribution in [1.29, 1.82) is 0 Å². The third-order valence-corrected chi connectivity index (χ3v) is 1.04. The van der Waals surface area contributed by atoms with Gasteiger partial charge in [-0.05, 0) is 6.42 Å². The molecule has 82 valence electrons. The van der Waals surface area contributed by atoms with Gasteiger partial charge in [-0.2, -0.15) is 0 Å². The average molecular weight is 189 g/mol. The number of hydrogen-bond acceptors (Lipinski definition) is 1. The van der Waals surface area contributed by atoms with E-state index in [-0.39, 0.29) is 5.91 Å². The Hall–Kier alpha value is -0.530. The molecule has 0 fully saturated rings. The van der Waals surface area contributed by atoms with Crippen LogP contribution in [0.1, 0.15) is 60.3 Å². The van der Waals surface area contributed by atoms with Crippen LogP contribution in [-0.4, -0.2) is 13.0 Å². The Bertz CT molecular complexity index is 82.2. The van der Waals surface area contributed by atoms with Crippen molar-refractivity contribution in [3.8, 4) is 0 Å². The highest BCUT2D eigenvalue weighted by atomic mass is 16.1. The predicted octanol–water partition coefficient (Wildman–Crippen LogP) is 3.37. The van der Waals surface area contributed by atoms with E-state index in [1.54, 1.807) is 7.05 Å². The lowest BCUT2D eigenvalue weighted by atomic mass is 10.2. The minimum absolute atomic E-state index is 0.145. The van der Waals surface area contributed by atoms with Crippen LogP contribution in [0.25, 0.3) is 0 Å². The summed E-state index contributed by atoms with van der Waals surface area (Å²) in [7, 11) is 1.66. The number of rotatable bonds is 3. The molecule has 0 heterocycles. The van der Waals surface area contributed by atoms with E-state index in [1.807, 2.05) is 13.8 Å². The zero-order valence-electron chi connectivity index (χ0n) is 10.2. The Morgan fingerprint density at radius 2 is 1.54 bits per heavy atom. The molecule has 13 heavy (non-hydrogen) atoms. The van der Waals surface area contributed by atoms with Crippen molar-refractivity contribution in [3.63, 3.8) is 0 Å². The highest BCUT2D eigenvalue weighted by Gasteiger charge is 1.92. The first-order chi connectivity index (χ1) is 6.22. The zero-order chi connectivity index (χ0) is 11.1. The SMILES string of the molecule is CC.CCC.CCCCC(=O)NC. The van der Waals surface area contributed by atoms with E-state index >= 15 is 0 Å². The number of carbonyl (C=O) groups excluding carboxylic acids is 1. The monoisotopic (exact) mass is 189 g/mol. The standard InChI is InChI=1S/C6H13NO.C3H8.C2H6/c1-3-4-5-6(8)7-2;1-3-2;1-2/h3-5H2,1-2H3,(H,7,8);3H2,1-2H3;1-2H3. The Morgan fingerprint density at radius 1 is 1.15 bits per heavy atom. The second-order valence-electron chi connectivity index (χ2n) is 2.48. The molecule has 0 aliphatic heterocycles. The van der Waals surface area contributed by atoms with Gasteiger partial charge in [0.2, 0.25) is 5.91 Å². The van der Waals surface area contributed by atoms with Crippen LogP contribution >= 0.6 is 0 Å². The molecule has 0 aromatic carbocycles. The second-order valence-corrected chi connectivity index (χ2v) is 2.48. The van der Waals surface area contributed by atoms with Gasteiger partial charge in [-0.15, -0.1) is 0 Å². The minimum atomic E-state index is 0.145. The van der Waals surface area contributed by atoms with Crippen LogP contribution in [0.3, 0.4) is 0 Å². The maximum absolute atomic E-state index is 10.5. The first kappa shape index (κ1) is 18.3. The van der Waals surface area contributed by atoms with Crippen molar-refractivity contribution < 1.29 is 4.79 Å². The van der Waals surface area contributed by atoms with Crippen LogP contribution < -0.4 is 5.32 Å². The summed E-state index contributed by atoms with van der Waals surface area (Å²) in [6.45, 7) is 10.3. The fourth-order valence-corrected chi connectivity index (χ4v) is 0.462. The van der Waals surface area contributed by atoms with Gasteiger partial charge in [0.25, 0.3) is 0 Å². The minimum Gasteiger partial charge on any atom is -0.359 e. The lowest BCUT2D eigenvalue weighted by Crippen LogP contribution is -2.16. The molecule has 0 aromatic rings. The molecule has 0 spiro atoms. The Balaban J connectivity index is -0.000000169. The maximum atomic E-state index is 10.5. The summed E-state index contributed by atoms with van der Waals surface area (Å²) in [5.41, 5.74) is 0. The van der Waals surface area contributed by atoms with E-state index in [0.717, 1.165) is 12.8 Å². The van der Waals surface area contributed by atoms with E-state index in [0.29, 0.717) is 6.42 Å². The van der Waals surface area contributed by atoms with E-state index in [4.69, 9.17) is 0 Å². The number of nitrogens with one attached hydrogen (secondary N) is 1. The fraction of sp³-hybridized carbons (Fsp3) is 0.909. The third kappa shape index (κ3) is 34.4. The van der Waals surface area contributed by atoms with E-state index in [9.17, 15) is 4.79 Å². The van der Waals surface area contributed by atoms with Gasteiger partial charge >= 0.3 is 0 Å². The fourth-order valence-electron chi connectivity index (χ4n) is 0.462. The highest BCUT2D eigenvalue weighted by molar-refractivity contribution is 5.75.